The minimum Gasteiger partial charge on any atom is -0.338 e. The van der Waals surface area contributed by atoms with Crippen LogP contribution in [0.3, 0.4) is 0 Å². The SMILES string of the molecule is Cc1nc(SCc2nc(-c3ccsc3)no2)c2ccccc2n1. The number of aryl methyl sites for hydroxylation is 1. The number of aromatic nitrogens is 4. The Morgan fingerprint density at radius 2 is 2.04 bits per heavy atom. The molecule has 0 atom stereocenters. The van der Waals surface area contributed by atoms with Crippen molar-refractivity contribution in [2.75, 3.05) is 0 Å². The number of hydrogen-bond donors (Lipinski definition) is 0. The van der Waals surface area contributed by atoms with E-state index in [1.807, 2.05) is 48.0 Å². The first-order valence-corrected chi connectivity index (χ1v) is 8.94. The van der Waals surface area contributed by atoms with E-state index in [2.05, 4.69) is 20.1 Å². The smallest absolute Gasteiger partial charge is 0.237 e. The number of nitrogens with zero attached hydrogens (tertiary/aromatic N) is 4. The quantitative estimate of drug-likeness (QED) is 0.407. The topological polar surface area (TPSA) is 64.7 Å². The second-order valence-electron chi connectivity index (χ2n) is 4.91. The van der Waals surface area contributed by atoms with E-state index in [9.17, 15) is 0 Å². The fourth-order valence-corrected chi connectivity index (χ4v) is 3.76. The number of rotatable bonds is 4. The number of thioether (sulfide) groups is 1. The van der Waals surface area contributed by atoms with Crippen LogP contribution in [0.25, 0.3) is 22.3 Å². The highest BCUT2D eigenvalue weighted by atomic mass is 32.2. The van der Waals surface area contributed by atoms with E-state index in [1.54, 1.807) is 23.1 Å². The summed E-state index contributed by atoms with van der Waals surface area (Å²) in [6.45, 7) is 1.90. The Labute approximate surface area is 140 Å². The van der Waals surface area contributed by atoms with Crippen molar-refractivity contribution >= 4 is 34.0 Å². The van der Waals surface area contributed by atoms with Crippen LogP contribution in [0.15, 0.2) is 50.6 Å². The molecule has 0 saturated heterocycles. The molecular weight excluding hydrogens is 328 g/mol. The van der Waals surface area contributed by atoms with Crippen LogP contribution >= 0.6 is 23.1 Å². The van der Waals surface area contributed by atoms with Gasteiger partial charge in [0, 0.05) is 16.3 Å². The lowest BCUT2D eigenvalue weighted by atomic mass is 10.2. The Hall–Kier alpha value is -2.25. The maximum Gasteiger partial charge on any atom is 0.237 e. The second kappa shape index (κ2) is 6.10. The van der Waals surface area contributed by atoms with Gasteiger partial charge in [0.2, 0.25) is 11.7 Å². The molecule has 5 nitrogen and oxygen atoms in total. The average molecular weight is 340 g/mol. The summed E-state index contributed by atoms with van der Waals surface area (Å²) < 4.78 is 5.33. The highest BCUT2D eigenvalue weighted by Crippen LogP contribution is 2.28. The van der Waals surface area contributed by atoms with E-state index in [0.29, 0.717) is 17.5 Å². The van der Waals surface area contributed by atoms with Crippen LogP contribution in [0.5, 0.6) is 0 Å². The van der Waals surface area contributed by atoms with Gasteiger partial charge in [-0.3, -0.25) is 0 Å². The van der Waals surface area contributed by atoms with Crippen molar-refractivity contribution in [2.45, 2.75) is 17.7 Å². The van der Waals surface area contributed by atoms with Gasteiger partial charge >= 0.3 is 0 Å². The van der Waals surface area contributed by atoms with E-state index < -0.39 is 0 Å². The average Bonchev–Trinajstić information content (AvgIpc) is 3.23. The van der Waals surface area contributed by atoms with Crippen LogP contribution in [0.4, 0.5) is 0 Å². The van der Waals surface area contributed by atoms with Gasteiger partial charge in [-0.25, -0.2) is 9.97 Å². The Morgan fingerprint density at radius 1 is 1.13 bits per heavy atom. The van der Waals surface area contributed by atoms with E-state index in [0.717, 1.165) is 27.3 Å². The Balaban J connectivity index is 1.58. The van der Waals surface area contributed by atoms with Crippen molar-refractivity contribution in [1.29, 1.82) is 0 Å². The molecule has 4 rings (SSSR count). The van der Waals surface area contributed by atoms with E-state index in [1.165, 1.54) is 0 Å². The van der Waals surface area contributed by atoms with E-state index >= 15 is 0 Å². The summed E-state index contributed by atoms with van der Waals surface area (Å²) in [6.07, 6.45) is 0. The molecule has 114 valence electrons. The van der Waals surface area contributed by atoms with Gasteiger partial charge in [-0.2, -0.15) is 16.3 Å². The minimum absolute atomic E-state index is 0.581. The molecule has 0 bridgehead atoms. The largest absolute Gasteiger partial charge is 0.338 e. The molecule has 0 saturated carbocycles. The summed E-state index contributed by atoms with van der Waals surface area (Å²) in [5.74, 6) is 2.57. The fraction of sp³-hybridized carbons (Fsp3) is 0.125. The van der Waals surface area contributed by atoms with Gasteiger partial charge in [0.05, 0.1) is 11.3 Å². The first-order valence-electron chi connectivity index (χ1n) is 7.01. The zero-order chi connectivity index (χ0) is 15.6. The fourth-order valence-electron chi connectivity index (χ4n) is 2.22. The predicted octanol–water partition coefficient (Wildman–Crippen LogP) is 4.34. The highest BCUT2D eigenvalue weighted by molar-refractivity contribution is 7.98. The monoisotopic (exact) mass is 340 g/mol. The van der Waals surface area contributed by atoms with Crippen molar-refractivity contribution < 1.29 is 4.52 Å². The number of hydrogen-bond acceptors (Lipinski definition) is 7. The van der Waals surface area contributed by atoms with E-state index in [4.69, 9.17) is 4.52 Å². The van der Waals surface area contributed by atoms with Crippen LogP contribution in [0.1, 0.15) is 11.7 Å². The molecule has 0 spiro atoms. The van der Waals surface area contributed by atoms with Gasteiger partial charge in [-0.05, 0) is 24.4 Å². The molecule has 4 aromatic rings. The van der Waals surface area contributed by atoms with Crippen LogP contribution in [0.2, 0.25) is 0 Å². The number of benzene rings is 1. The Morgan fingerprint density at radius 3 is 2.91 bits per heavy atom. The summed E-state index contributed by atoms with van der Waals surface area (Å²) in [5.41, 5.74) is 1.94. The van der Waals surface area contributed by atoms with Crippen LogP contribution in [-0.2, 0) is 5.75 Å². The lowest BCUT2D eigenvalue weighted by Crippen LogP contribution is -1.93. The summed E-state index contributed by atoms with van der Waals surface area (Å²) >= 11 is 3.20. The summed E-state index contributed by atoms with van der Waals surface area (Å²) in [7, 11) is 0. The highest BCUT2D eigenvalue weighted by Gasteiger charge is 2.11. The second-order valence-corrected chi connectivity index (χ2v) is 6.65. The summed E-state index contributed by atoms with van der Waals surface area (Å²) in [4.78, 5) is 13.4. The molecule has 1 aromatic carbocycles. The number of thiophene rings is 1. The molecule has 0 aliphatic rings. The van der Waals surface area contributed by atoms with Crippen molar-refractivity contribution in [3.05, 3.63) is 52.8 Å². The molecular formula is C16H12N4OS2. The Bertz CT molecular complexity index is 950. The van der Waals surface area contributed by atoms with Crippen molar-refractivity contribution in [2.24, 2.45) is 0 Å². The standard InChI is InChI=1S/C16H12N4OS2/c1-10-17-13-5-3-2-4-12(13)16(18-10)23-9-14-19-15(20-21-14)11-6-7-22-8-11/h2-8H,9H2,1H3. The third-order valence-corrected chi connectivity index (χ3v) is 4.92. The zero-order valence-corrected chi connectivity index (χ0v) is 13.9. The van der Waals surface area contributed by atoms with Gasteiger partial charge in [-0.15, -0.1) is 0 Å². The molecule has 0 amide bonds. The van der Waals surface area contributed by atoms with Crippen LogP contribution < -0.4 is 0 Å². The molecule has 0 unspecified atom stereocenters. The van der Waals surface area contributed by atoms with Crippen molar-refractivity contribution in [3.63, 3.8) is 0 Å². The van der Waals surface area contributed by atoms with Crippen LogP contribution in [0, 0.1) is 6.92 Å². The molecule has 0 radical (unpaired) electrons. The molecule has 0 aliphatic carbocycles. The molecule has 0 fully saturated rings. The molecule has 7 heteroatoms. The molecule has 3 heterocycles. The van der Waals surface area contributed by atoms with Gasteiger partial charge in [-0.1, -0.05) is 35.1 Å². The van der Waals surface area contributed by atoms with Crippen molar-refractivity contribution in [3.8, 4) is 11.4 Å². The summed E-state index contributed by atoms with van der Waals surface area (Å²) in [5, 5.41) is 10.0. The maximum absolute atomic E-state index is 5.33. The number of para-hydroxylation sites is 1. The normalized spacial score (nSPS) is 11.2. The first kappa shape index (κ1) is 14.3. The molecule has 23 heavy (non-hydrogen) atoms. The third-order valence-electron chi connectivity index (χ3n) is 3.26. The van der Waals surface area contributed by atoms with Gasteiger partial charge in [0.15, 0.2) is 0 Å². The molecule has 0 N–H and O–H groups in total. The van der Waals surface area contributed by atoms with Gasteiger partial charge < -0.3 is 4.52 Å². The third kappa shape index (κ3) is 2.97. The lowest BCUT2D eigenvalue weighted by molar-refractivity contribution is 0.391. The zero-order valence-electron chi connectivity index (χ0n) is 12.3. The molecule has 3 aromatic heterocycles. The minimum atomic E-state index is 0.581. The van der Waals surface area contributed by atoms with Crippen LogP contribution in [-0.4, -0.2) is 20.1 Å². The predicted molar refractivity (Wildman–Crippen MR) is 91.4 cm³/mol. The molecule has 0 aliphatic heterocycles. The van der Waals surface area contributed by atoms with Crippen molar-refractivity contribution in [1.82, 2.24) is 20.1 Å². The Kier molecular flexibility index (Phi) is 3.80. The van der Waals surface area contributed by atoms with Gasteiger partial charge in [0.25, 0.3) is 0 Å². The number of fused-ring (bicyclic) bond motifs is 1. The lowest BCUT2D eigenvalue weighted by Gasteiger charge is -2.04. The summed E-state index contributed by atoms with van der Waals surface area (Å²) in [6, 6.07) is 9.98. The first-order chi connectivity index (χ1) is 11.3. The van der Waals surface area contributed by atoms with Gasteiger partial charge in [0.1, 0.15) is 10.9 Å². The van der Waals surface area contributed by atoms with E-state index in [-0.39, 0.29) is 0 Å². The maximum atomic E-state index is 5.33.